The van der Waals surface area contributed by atoms with Crippen molar-refractivity contribution in [3.05, 3.63) is 35.4 Å². The molecule has 0 unspecified atom stereocenters. The van der Waals surface area contributed by atoms with Gasteiger partial charge in [-0.15, -0.1) is 24.0 Å². The van der Waals surface area contributed by atoms with Crippen molar-refractivity contribution in [2.45, 2.75) is 70.7 Å². The van der Waals surface area contributed by atoms with Crippen LogP contribution in [0.4, 0.5) is 0 Å². The summed E-state index contributed by atoms with van der Waals surface area (Å²) in [7, 11) is 1.85. The van der Waals surface area contributed by atoms with E-state index in [1.54, 1.807) is 0 Å². The van der Waals surface area contributed by atoms with Gasteiger partial charge >= 0.3 is 0 Å². The maximum Gasteiger partial charge on any atom is 0.191 e. The van der Waals surface area contributed by atoms with Gasteiger partial charge in [-0.25, -0.2) is 0 Å². The van der Waals surface area contributed by atoms with E-state index in [9.17, 15) is 0 Å². The standard InChI is InChI=1S/C24H40N4O2.HI/c1-20(2)30-18-22-9-7-21(8-10-22)17-26-23(25-3)27-19-24(11-5-4-6-12-24)28-13-15-29-16-14-28;/h7-10,20H,4-6,11-19H2,1-3H3,(H2,25,26,27);1H. The second-order valence-electron chi connectivity index (χ2n) is 8.84. The summed E-state index contributed by atoms with van der Waals surface area (Å²) in [4.78, 5) is 7.12. The van der Waals surface area contributed by atoms with Crippen molar-refractivity contribution < 1.29 is 9.47 Å². The van der Waals surface area contributed by atoms with E-state index in [4.69, 9.17) is 9.47 Å². The van der Waals surface area contributed by atoms with Crippen LogP contribution in [0.3, 0.4) is 0 Å². The first-order valence-corrected chi connectivity index (χ1v) is 11.6. The Morgan fingerprint density at radius 1 is 1.06 bits per heavy atom. The fourth-order valence-corrected chi connectivity index (χ4v) is 4.52. The third-order valence-electron chi connectivity index (χ3n) is 6.34. The van der Waals surface area contributed by atoms with Crippen molar-refractivity contribution >= 4 is 29.9 Å². The average molecular weight is 545 g/mol. The van der Waals surface area contributed by atoms with E-state index in [-0.39, 0.29) is 35.6 Å². The van der Waals surface area contributed by atoms with Crippen LogP contribution in [0.1, 0.15) is 57.1 Å². The second kappa shape index (κ2) is 13.6. The smallest absolute Gasteiger partial charge is 0.191 e. The summed E-state index contributed by atoms with van der Waals surface area (Å²) in [5.41, 5.74) is 2.68. The highest BCUT2D eigenvalue weighted by molar-refractivity contribution is 14.0. The van der Waals surface area contributed by atoms with Crippen LogP contribution >= 0.6 is 24.0 Å². The number of hydrogen-bond donors (Lipinski definition) is 2. The lowest BCUT2D eigenvalue weighted by atomic mass is 9.80. The van der Waals surface area contributed by atoms with Gasteiger partial charge in [-0.1, -0.05) is 43.5 Å². The number of nitrogens with one attached hydrogen (secondary N) is 2. The maximum absolute atomic E-state index is 5.68. The monoisotopic (exact) mass is 544 g/mol. The molecule has 1 saturated heterocycles. The normalized spacial score (nSPS) is 19.7. The molecular weight excluding hydrogens is 503 g/mol. The average Bonchev–Trinajstić information content (AvgIpc) is 2.79. The van der Waals surface area contributed by atoms with Crippen LogP contribution in [0, 0.1) is 0 Å². The van der Waals surface area contributed by atoms with Crippen molar-refractivity contribution in [2.75, 3.05) is 39.9 Å². The quantitative estimate of drug-likeness (QED) is 0.295. The molecule has 0 amide bonds. The predicted molar refractivity (Wildman–Crippen MR) is 138 cm³/mol. The lowest BCUT2D eigenvalue weighted by molar-refractivity contribution is -0.0352. The molecule has 0 spiro atoms. The number of guanidine groups is 1. The summed E-state index contributed by atoms with van der Waals surface area (Å²) in [6, 6.07) is 8.61. The van der Waals surface area contributed by atoms with Crippen LogP contribution in [0.25, 0.3) is 0 Å². The Balaban J connectivity index is 0.00000341. The molecule has 6 nitrogen and oxygen atoms in total. The number of nitrogens with zero attached hydrogens (tertiary/aromatic N) is 2. The van der Waals surface area contributed by atoms with Gasteiger partial charge in [0.05, 0.1) is 25.9 Å². The van der Waals surface area contributed by atoms with Crippen LogP contribution < -0.4 is 10.6 Å². The maximum atomic E-state index is 5.68. The molecule has 7 heteroatoms. The molecule has 176 valence electrons. The van der Waals surface area contributed by atoms with Gasteiger partial charge in [-0.2, -0.15) is 0 Å². The Morgan fingerprint density at radius 3 is 2.32 bits per heavy atom. The van der Waals surface area contributed by atoms with E-state index in [0.29, 0.717) is 6.61 Å². The zero-order chi connectivity index (χ0) is 21.2. The zero-order valence-electron chi connectivity index (χ0n) is 19.5. The number of halogens is 1. The van der Waals surface area contributed by atoms with Crippen molar-refractivity contribution in [1.82, 2.24) is 15.5 Å². The number of hydrogen-bond acceptors (Lipinski definition) is 4. The molecule has 2 aliphatic rings. The molecule has 1 aliphatic carbocycles. The zero-order valence-corrected chi connectivity index (χ0v) is 21.8. The van der Waals surface area contributed by atoms with E-state index in [2.05, 4.69) is 58.6 Å². The largest absolute Gasteiger partial charge is 0.379 e. The van der Waals surface area contributed by atoms with Crippen LogP contribution in [-0.4, -0.2) is 62.4 Å². The van der Waals surface area contributed by atoms with Crippen molar-refractivity contribution in [3.8, 4) is 0 Å². The van der Waals surface area contributed by atoms with Crippen molar-refractivity contribution in [1.29, 1.82) is 0 Å². The minimum atomic E-state index is 0. The first-order valence-electron chi connectivity index (χ1n) is 11.6. The summed E-state index contributed by atoms with van der Waals surface area (Å²) >= 11 is 0. The minimum Gasteiger partial charge on any atom is -0.379 e. The van der Waals surface area contributed by atoms with Gasteiger partial charge in [0.25, 0.3) is 0 Å². The van der Waals surface area contributed by atoms with Gasteiger partial charge in [0.1, 0.15) is 0 Å². The van der Waals surface area contributed by atoms with Gasteiger partial charge in [0.15, 0.2) is 5.96 Å². The fourth-order valence-electron chi connectivity index (χ4n) is 4.52. The van der Waals surface area contributed by atoms with E-state index < -0.39 is 0 Å². The Hall–Kier alpha value is -0.900. The minimum absolute atomic E-state index is 0. The lowest BCUT2D eigenvalue weighted by Gasteiger charge is -2.48. The molecule has 0 aromatic heterocycles. The highest BCUT2D eigenvalue weighted by Crippen LogP contribution is 2.33. The van der Waals surface area contributed by atoms with E-state index >= 15 is 0 Å². The molecule has 1 aromatic carbocycles. The Labute approximate surface area is 205 Å². The van der Waals surface area contributed by atoms with Gasteiger partial charge < -0.3 is 20.1 Å². The molecular formula is C24H41IN4O2. The summed E-state index contributed by atoms with van der Waals surface area (Å²) in [6.07, 6.45) is 6.77. The van der Waals surface area contributed by atoms with Crippen molar-refractivity contribution in [2.24, 2.45) is 4.99 Å². The number of rotatable bonds is 8. The van der Waals surface area contributed by atoms with Crippen molar-refractivity contribution in [3.63, 3.8) is 0 Å². The number of benzene rings is 1. The molecule has 1 aliphatic heterocycles. The number of aliphatic imine (C=N–C) groups is 1. The number of morpholine rings is 1. The molecule has 0 atom stereocenters. The first-order chi connectivity index (χ1) is 14.6. The second-order valence-corrected chi connectivity index (χ2v) is 8.84. The highest BCUT2D eigenvalue weighted by atomic mass is 127. The lowest BCUT2D eigenvalue weighted by Crippen LogP contribution is -2.60. The predicted octanol–water partition coefficient (Wildman–Crippen LogP) is 3.93. The van der Waals surface area contributed by atoms with Crippen LogP contribution in [0.5, 0.6) is 0 Å². The summed E-state index contributed by atoms with van der Waals surface area (Å²) < 4.78 is 11.3. The Bertz CT molecular complexity index is 654. The molecule has 0 bridgehead atoms. The van der Waals surface area contributed by atoms with Gasteiger partial charge in [-0.05, 0) is 37.8 Å². The summed E-state index contributed by atoms with van der Waals surface area (Å²) in [5.74, 6) is 0.875. The first kappa shape index (κ1) is 26.4. The SMILES string of the molecule is CN=C(NCc1ccc(COC(C)C)cc1)NCC1(N2CCOCC2)CCCCC1.I. The third-order valence-corrected chi connectivity index (χ3v) is 6.34. The topological polar surface area (TPSA) is 58.1 Å². The molecule has 1 heterocycles. The summed E-state index contributed by atoms with van der Waals surface area (Å²) in [6.45, 7) is 10.3. The Kier molecular flexibility index (Phi) is 11.6. The Morgan fingerprint density at radius 2 is 1.71 bits per heavy atom. The molecule has 31 heavy (non-hydrogen) atoms. The van der Waals surface area contributed by atoms with E-state index in [1.807, 2.05) is 7.05 Å². The molecule has 2 N–H and O–H groups in total. The highest BCUT2D eigenvalue weighted by Gasteiger charge is 2.38. The van der Waals surface area contributed by atoms with E-state index in [1.165, 1.54) is 43.2 Å². The van der Waals surface area contributed by atoms with Gasteiger partial charge in [0, 0.05) is 38.8 Å². The van der Waals surface area contributed by atoms with Crippen LogP contribution in [-0.2, 0) is 22.6 Å². The van der Waals surface area contributed by atoms with Crippen LogP contribution in [0.15, 0.2) is 29.3 Å². The molecule has 0 radical (unpaired) electrons. The molecule has 1 aromatic rings. The van der Waals surface area contributed by atoms with E-state index in [0.717, 1.165) is 45.4 Å². The third kappa shape index (κ3) is 8.18. The van der Waals surface area contributed by atoms with Gasteiger partial charge in [0.2, 0.25) is 0 Å². The molecule has 3 rings (SSSR count). The number of ether oxygens (including phenoxy) is 2. The summed E-state index contributed by atoms with van der Waals surface area (Å²) in [5, 5.41) is 7.11. The van der Waals surface area contributed by atoms with Gasteiger partial charge in [-0.3, -0.25) is 9.89 Å². The molecule has 1 saturated carbocycles. The molecule has 2 fully saturated rings. The fraction of sp³-hybridized carbons (Fsp3) is 0.708. The van der Waals surface area contributed by atoms with Crippen LogP contribution in [0.2, 0.25) is 0 Å².